The van der Waals surface area contributed by atoms with Gasteiger partial charge in [0.25, 0.3) is 0 Å². The summed E-state index contributed by atoms with van der Waals surface area (Å²) in [5.74, 6) is -0.462. The second kappa shape index (κ2) is 12.8. The average molecular weight is 342 g/mol. The minimum absolute atomic E-state index is 0.175. The van der Waals surface area contributed by atoms with Gasteiger partial charge < -0.3 is 9.47 Å². The fourth-order valence-corrected chi connectivity index (χ4v) is 1.95. The van der Waals surface area contributed by atoms with Gasteiger partial charge in [0.1, 0.15) is 6.61 Å². The van der Waals surface area contributed by atoms with E-state index < -0.39 is 0 Å². The zero-order chi connectivity index (χ0) is 18.3. The van der Waals surface area contributed by atoms with Crippen molar-refractivity contribution >= 4 is 11.9 Å². The highest BCUT2D eigenvalue weighted by molar-refractivity contribution is 5.89. The smallest absolute Gasteiger partial charge is 0.338 e. The number of carbonyl (C=O) groups is 2. The van der Waals surface area contributed by atoms with Crippen LogP contribution >= 0.6 is 0 Å². The van der Waals surface area contributed by atoms with Crippen LogP contribution in [0.2, 0.25) is 0 Å². The largest absolute Gasteiger partial charge is 0.466 e. The van der Waals surface area contributed by atoms with Gasteiger partial charge in [-0.05, 0) is 24.1 Å². The first-order chi connectivity index (χ1) is 12.1. The number of rotatable bonds is 7. The second-order valence-electron chi connectivity index (χ2n) is 5.47. The van der Waals surface area contributed by atoms with E-state index in [2.05, 4.69) is 6.92 Å². The van der Waals surface area contributed by atoms with Crippen molar-refractivity contribution in [3.05, 3.63) is 71.8 Å². The van der Waals surface area contributed by atoms with Crippen molar-refractivity contribution in [3.8, 4) is 0 Å². The van der Waals surface area contributed by atoms with E-state index in [-0.39, 0.29) is 11.9 Å². The number of esters is 2. The Kier molecular flexibility index (Phi) is 10.4. The van der Waals surface area contributed by atoms with Crippen molar-refractivity contribution in [1.29, 1.82) is 0 Å². The predicted octanol–water partition coefficient (Wildman–Crippen LogP) is 4.78. The third-order valence-corrected chi connectivity index (χ3v) is 3.28. The molecule has 0 spiro atoms. The second-order valence-corrected chi connectivity index (χ2v) is 5.47. The molecule has 2 rings (SSSR count). The molecular formula is C21H26O4. The van der Waals surface area contributed by atoms with Gasteiger partial charge in [0.2, 0.25) is 0 Å². The van der Waals surface area contributed by atoms with Crippen LogP contribution < -0.4 is 0 Å². The lowest BCUT2D eigenvalue weighted by molar-refractivity contribution is -0.141. The lowest BCUT2D eigenvalue weighted by Gasteiger charge is -2.04. The van der Waals surface area contributed by atoms with Gasteiger partial charge in [-0.3, -0.25) is 4.79 Å². The van der Waals surface area contributed by atoms with Crippen LogP contribution in [-0.4, -0.2) is 18.5 Å². The van der Waals surface area contributed by atoms with Gasteiger partial charge in [-0.1, -0.05) is 68.3 Å². The van der Waals surface area contributed by atoms with Crippen LogP contribution in [0.5, 0.6) is 0 Å². The van der Waals surface area contributed by atoms with E-state index in [9.17, 15) is 9.59 Å². The van der Waals surface area contributed by atoms with Crippen molar-refractivity contribution in [1.82, 2.24) is 0 Å². The standard InChI is InChI=1S/C14H12O2.C7H14O2/c15-14(13-9-5-2-6-10-13)16-11-12-7-3-1-4-8-12;1-3-4-5-6-9-7(2)8/h1-10H,11H2;3-6H2,1-2H3. The summed E-state index contributed by atoms with van der Waals surface area (Å²) in [4.78, 5) is 21.8. The highest BCUT2D eigenvalue weighted by Gasteiger charge is 2.05. The first-order valence-electron chi connectivity index (χ1n) is 8.53. The Morgan fingerprint density at radius 3 is 2.00 bits per heavy atom. The third-order valence-electron chi connectivity index (χ3n) is 3.28. The monoisotopic (exact) mass is 342 g/mol. The van der Waals surface area contributed by atoms with Gasteiger partial charge in [-0.2, -0.15) is 0 Å². The quantitative estimate of drug-likeness (QED) is 0.536. The summed E-state index contributed by atoms with van der Waals surface area (Å²) in [6.45, 7) is 4.46. The van der Waals surface area contributed by atoms with Crippen LogP contribution in [0, 0.1) is 0 Å². The third kappa shape index (κ3) is 9.97. The molecule has 4 heteroatoms. The fourth-order valence-electron chi connectivity index (χ4n) is 1.95. The summed E-state index contributed by atoms with van der Waals surface area (Å²) in [5, 5.41) is 0. The molecule has 2 aromatic rings. The molecule has 0 radical (unpaired) electrons. The van der Waals surface area contributed by atoms with Gasteiger partial charge in [0.05, 0.1) is 12.2 Å². The van der Waals surface area contributed by atoms with Gasteiger partial charge in [-0.15, -0.1) is 0 Å². The normalized spacial score (nSPS) is 9.52. The number of carbonyl (C=O) groups excluding carboxylic acids is 2. The zero-order valence-electron chi connectivity index (χ0n) is 14.9. The average Bonchev–Trinajstić information content (AvgIpc) is 2.65. The Bertz CT molecular complexity index is 608. The fraction of sp³-hybridized carbons (Fsp3) is 0.333. The molecule has 0 aromatic heterocycles. The molecule has 0 aliphatic rings. The molecule has 0 heterocycles. The highest BCUT2D eigenvalue weighted by atomic mass is 16.5. The first kappa shape index (κ1) is 20.4. The van der Waals surface area contributed by atoms with Crippen LogP contribution in [-0.2, 0) is 20.9 Å². The molecule has 4 nitrogen and oxygen atoms in total. The van der Waals surface area contributed by atoms with Crippen molar-refractivity contribution < 1.29 is 19.1 Å². The number of hydrogen-bond donors (Lipinski definition) is 0. The molecule has 2 aromatic carbocycles. The minimum Gasteiger partial charge on any atom is -0.466 e. The summed E-state index contributed by atoms with van der Waals surface area (Å²) in [5.41, 5.74) is 1.57. The Morgan fingerprint density at radius 1 is 0.840 bits per heavy atom. The molecule has 0 aliphatic heterocycles. The van der Waals surface area contributed by atoms with Gasteiger partial charge in [0.15, 0.2) is 0 Å². The van der Waals surface area contributed by atoms with Crippen molar-refractivity contribution in [2.45, 2.75) is 39.7 Å². The predicted molar refractivity (Wildman–Crippen MR) is 98.2 cm³/mol. The zero-order valence-corrected chi connectivity index (χ0v) is 14.9. The summed E-state index contributed by atoms with van der Waals surface area (Å²) >= 11 is 0. The lowest BCUT2D eigenvalue weighted by atomic mass is 10.2. The molecule has 0 amide bonds. The molecule has 0 bridgehead atoms. The van der Waals surface area contributed by atoms with Crippen LogP contribution in [0.15, 0.2) is 60.7 Å². The van der Waals surface area contributed by atoms with Gasteiger partial charge in [0, 0.05) is 6.92 Å². The van der Waals surface area contributed by atoms with E-state index in [1.807, 2.05) is 48.5 Å². The number of benzene rings is 2. The minimum atomic E-state index is -0.288. The van der Waals surface area contributed by atoms with Crippen molar-refractivity contribution in [3.63, 3.8) is 0 Å². The Labute approximate surface area is 149 Å². The molecule has 0 atom stereocenters. The topological polar surface area (TPSA) is 52.6 Å². The Morgan fingerprint density at radius 2 is 1.44 bits per heavy atom. The number of ether oxygens (including phenoxy) is 2. The van der Waals surface area contributed by atoms with E-state index in [0.29, 0.717) is 18.8 Å². The number of unbranched alkanes of at least 4 members (excludes halogenated alkanes) is 2. The molecule has 0 fully saturated rings. The van der Waals surface area contributed by atoms with E-state index >= 15 is 0 Å². The summed E-state index contributed by atoms with van der Waals surface area (Å²) in [7, 11) is 0. The van der Waals surface area contributed by atoms with E-state index in [1.54, 1.807) is 12.1 Å². The molecule has 0 saturated carbocycles. The summed E-state index contributed by atoms with van der Waals surface area (Å²) in [6.07, 6.45) is 3.31. The molecule has 0 saturated heterocycles. The number of hydrogen-bond acceptors (Lipinski definition) is 4. The molecular weight excluding hydrogens is 316 g/mol. The molecule has 0 N–H and O–H groups in total. The van der Waals surface area contributed by atoms with Crippen LogP contribution in [0.1, 0.15) is 49.0 Å². The van der Waals surface area contributed by atoms with Gasteiger partial charge in [-0.25, -0.2) is 4.79 Å². The molecule has 0 unspecified atom stereocenters. The highest BCUT2D eigenvalue weighted by Crippen LogP contribution is 2.05. The van der Waals surface area contributed by atoms with E-state index in [4.69, 9.17) is 9.47 Å². The molecule has 25 heavy (non-hydrogen) atoms. The summed E-state index contributed by atoms with van der Waals surface area (Å²) < 4.78 is 9.88. The maximum atomic E-state index is 11.6. The molecule has 0 aliphatic carbocycles. The molecule has 134 valence electrons. The van der Waals surface area contributed by atoms with Crippen LogP contribution in [0.4, 0.5) is 0 Å². The SMILES string of the molecule is CCCCCOC(C)=O.O=C(OCc1ccccc1)c1ccccc1. The Balaban J connectivity index is 0.000000299. The van der Waals surface area contributed by atoms with Crippen LogP contribution in [0.3, 0.4) is 0 Å². The summed E-state index contributed by atoms with van der Waals surface area (Å²) in [6, 6.07) is 18.6. The maximum Gasteiger partial charge on any atom is 0.338 e. The van der Waals surface area contributed by atoms with Crippen molar-refractivity contribution in [2.75, 3.05) is 6.61 Å². The lowest BCUT2D eigenvalue weighted by Crippen LogP contribution is -2.04. The van der Waals surface area contributed by atoms with Crippen LogP contribution in [0.25, 0.3) is 0 Å². The Hall–Kier alpha value is -2.62. The van der Waals surface area contributed by atoms with Crippen molar-refractivity contribution in [2.24, 2.45) is 0 Å². The van der Waals surface area contributed by atoms with E-state index in [1.165, 1.54) is 13.3 Å². The maximum absolute atomic E-state index is 11.6. The first-order valence-corrected chi connectivity index (χ1v) is 8.53. The van der Waals surface area contributed by atoms with Gasteiger partial charge >= 0.3 is 11.9 Å². The van der Waals surface area contributed by atoms with E-state index in [0.717, 1.165) is 18.4 Å².